The van der Waals surface area contributed by atoms with Crippen molar-refractivity contribution in [2.75, 3.05) is 6.54 Å². The first-order valence-electron chi connectivity index (χ1n) is 9.79. The van der Waals surface area contributed by atoms with Crippen LogP contribution in [0.3, 0.4) is 0 Å². The average molecular weight is 384 g/mol. The highest BCUT2D eigenvalue weighted by atomic mass is 32.1. The maximum absolute atomic E-state index is 13.1. The molecule has 1 amide bonds. The molecule has 144 valence electrons. The molecule has 3 aromatic rings. The van der Waals surface area contributed by atoms with Crippen molar-refractivity contribution in [2.24, 2.45) is 5.92 Å². The minimum Gasteiger partial charge on any atom is -0.330 e. The summed E-state index contributed by atoms with van der Waals surface area (Å²) in [4.78, 5) is 21.9. The number of benzene rings is 1. The lowest BCUT2D eigenvalue weighted by molar-refractivity contribution is 0.0721. The number of thiophene rings is 1. The molecule has 0 aliphatic heterocycles. The fourth-order valence-corrected chi connectivity index (χ4v) is 4.18. The molecule has 1 aromatic carbocycles. The molecule has 2 aromatic heterocycles. The van der Waals surface area contributed by atoms with Crippen molar-refractivity contribution in [2.45, 2.75) is 53.6 Å². The van der Waals surface area contributed by atoms with E-state index in [1.165, 1.54) is 0 Å². The zero-order chi connectivity index (χ0) is 19.4. The van der Waals surface area contributed by atoms with Gasteiger partial charge >= 0.3 is 0 Å². The first-order valence-corrected chi connectivity index (χ1v) is 10.6. The van der Waals surface area contributed by atoms with Gasteiger partial charge in [-0.05, 0) is 43.5 Å². The van der Waals surface area contributed by atoms with Gasteiger partial charge in [0.05, 0.1) is 22.5 Å². The summed E-state index contributed by atoms with van der Waals surface area (Å²) in [5, 5.41) is 0. The van der Waals surface area contributed by atoms with Crippen LogP contribution in [-0.4, -0.2) is 26.9 Å². The van der Waals surface area contributed by atoms with Crippen molar-refractivity contribution in [1.29, 1.82) is 0 Å². The van der Waals surface area contributed by atoms with E-state index in [1.807, 2.05) is 30.0 Å². The van der Waals surface area contributed by atoms with Crippen LogP contribution in [0, 0.1) is 12.8 Å². The molecule has 0 aliphatic carbocycles. The minimum absolute atomic E-state index is 0.107. The Morgan fingerprint density at radius 1 is 1.22 bits per heavy atom. The number of nitrogens with zero attached hydrogens (tertiary/aromatic N) is 3. The smallest absolute Gasteiger partial charge is 0.264 e. The van der Waals surface area contributed by atoms with Crippen molar-refractivity contribution in [1.82, 2.24) is 14.5 Å². The molecule has 4 nitrogen and oxygen atoms in total. The topological polar surface area (TPSA) is 38.1 Å². The zero-order valence-corrected chi connectivity index (χ0v) is 17.6. The van der Waals surface area contributed by atoms with E-state index in [0.29, 0.717) is 12.5 Å². The third-order valence-corrected chi connectivity index (χ3v) is 5.61. The highest BCUT2D eigenvalue weighted by Crippen LogP contribution is 2.22. The standard InChI is InChI=1S/C22H29N3OS/c1-5-6-13-25-19-10-8-7-9-18(19)23-21(25)15-24(14-16(2)3)22(26)20-12-11-17(4)27-20/h7-12,16H,5-6,13-15H2,1-4H3. The second kappa shape index (κ2) is 8.70. The zero-order valence-electron chi connectivity index (χ0n) is 16.7. The number of fused-ring (bicyclic) bond motifs is 1. The van der Waals surface area contributed by atoms with E-state index >= 15 is 0 Å². The van der Waals surface area contributed by atoms with Gasteiger partial charge < -0.3 is 9.47 Å². The van der Waals surface area contributed by atoms with Crippen LogP contribution in [0.1, 0.15) is 54.0 Å². The summed E-state index contributed by atoms with van der Waals surface area (Å²) in [5.74, 6) is 1.49. The normalized spacial score (nSPS) is 11.4. The molecule has 0 saturated heterocycles. The Balaban J connectivity index is 1.94. The Labute approximate surface area is 165 Å². The number of rotatable bonds is 8. The van der Waals surface area contributed by atoms with Crippen molar-refractivity contribution < 1.29 is 4.79 Å². The van der Waals surface area contributed by atoms with Gasteiger partial charge in [-0.1, -0.05) is 39.3 Å². The lowest BCUT2D eigenvalue weighted by Crippen LogP contribution is -2.34. The van der Waals surface area contributed by atoms with Gasteiger partial charge in [-0.3, -0.25) is 4.79 Å². The van der Waals surface area contributed by atoms with E-state index in [2.05, 4.69) is 43.5 Å². The summed E-state index contributed by atoms with van der Waals surface area (Å²) >= 11 is 1.57. The van der Waals surface area contributed by atoms with E-state index < -0.39 is 0 Å². The van der Waals surface area contributed by atoms with E-state index in [-0.39, 0.29) is 5.91 Å². The van der Waals surface area contributed by atoms with Crippen molar-refractivity contribution in [3.05, 3.63) is 52.0 Å². The maximum Gasteiger partial charge on any atom is 0.264 e. The molecule has 5 heteroatoms. The van der Waals surface area contributed by atoms with Gasteiger partial charge in [0.2, 0.25) is 0 Å². The molecule has 0 radical (unpaired) electrons. The maximum atomic E-state index is 13.1. The molecular weight excluding hydrogens is 354 g/mol. The molecule has 0 fully saturated rings. The first-order chi connectivity index (χ1) is 13.0. The van der Waals surface area contributed by atoms with Crippen LogP contribution in [0.2, 0.25) is 0 Å². The van der Waals surface area contributed by atoms with Gasteiger partial charge in [-0.2, -0.15) is 0 Å². The van der Waals surface area contributed by atoms with Crippen molar-refractivity contribution >= 4 is 28.3 Å². The second-order valence-corrected chi connectivity index (χ2v) is 8.80. The summed E-state index contributed by atoms with van der Waals surface area (Å²) in [7, 11) is 0. The van der Waals surface area contributed by atoms with Gasteiger partial charge in [0.1, 0.15) is 5.82 Å². The number of hydrogen-bond donors (Lipinski definition) is 0. The van der Waals surface area contributed by atoms with Crippen LogP contribution in [-0.2, 0) is 13.1 Å². The summed E-state index contributed by atoms with van der Waals surface area (Å²) in [6, 6.07) is 12.2. The van der Waals surface area contributed by atoms with Crippen LogP contribution in [0.5, 0.6) is 0 Å². The Kier molecular flexibility index (Phi) is 6.32. The SMILES string of the molecule is CCCCn1c(CN(CC(C)C)C(=O)c2ccc(C)s2)nc2ccccc21. The molecule has 0 atom stereocenters. The molecule has 27 heavy (non-hydrogen) atoms. The lowest BCUT2D eigenvalue weighted by Gasteiger charge is -2.24. The number of aromatic nitrogens is 2. The first kappa shape index (κ1) is 19.6. The van der Waals surface area contributed by atoms with Gasteiger partial charge in [-0.15, -0.1) is 11.3 Å². The molecule has 2 heterocycles. The Bertz CT molecular complexity index is 909. The van der Waals surface area contributed by atoms with Gasteiger partial charge in [0.15, 0.2) is 0 Å². The van der Waals surface area contributed by atoms with Crippen LogP contribution in [0.25, 0.3) is 11.0 Å². The summed E-state index contributed by atoms with van der Waals surface area (Å²) in [5.41, 5.74) is 2.16. The number of carbonyl (C=O) groups is 1. The number of para-hydroxylation sites is 2. The molecule has 0 N–H and O–H groups in total. The number of hydrogen-bond acceptors (Lipinski definition) is 3. The predicted octanol–water partition coefficient (Wildman–Crippen LogP) is 5.50. The molecule has 0 spiro atoms. The second-order valence-electron chi connectivity index (χ2n) is 7.51. The van der Waals surface area contributed by atoms with Gasteiger partial charge in [0.25, 0.3) is 5.91 Å². The van der Waals surface area contributed by atoms with Gasteiger partial charge in [-0.25, -0.2) is 4.98 Å². The number of unbranched alkanes of at least 4 members (excludes halogenated alkanes) is 1. The summed E-state index contributed by atoms with van der Waals surface area (Å²) < 4.78 is 2.29. The fourth-order valence-electron chi connectivity index (χ4n) is 3.35. The summed E-state index contributed by atoms with van der Waals surface area (Å²) in [6.07, 6.45) is 2.24. The third-order valence-electron chi connectivity index (χ3n) is 4.63. The van der Waals surface area contributed by atoms with Crippen LogP contribution < -0.4 is 0 Å². The van der Waals surface area contributed by atoms with E-state index in [4.69, 9.17) is 4.98 Å². The Morgan fingerprint density at radius 2 is 2.00 bits per heavy atom. The highest BCUT2D eigenvalue weighted by molar-refractivity contribution is 7.13. The minimum atomic E-state index is 0.107. The van der Waals surface area contributed by atoms with Crippen LogP contribution in [0.15, 0.2) is 36.4 Å². The molecular formula is C22H29N3OS. The third kappa shape index (κ3) is 4.59. The van der Waals surface area contributed by atoms with Crippen molar-refractivity contribution in [3.63, 3.8) is 0 Å². The fraction of sp³-hybridized carbons (Fsp3) is 0.455. The summed E-state index contributed by atoms with van der Waals surface area (Å²) in [6.45, 7) is 10.8. The number of aryl methyl sites for hydroxylation is 2. The Morgan fingerprint density at radius 3 is 2.67 bits per heavy atom. The van der Waals surface area contributed by atoms with E-state index in [1.54, 1.807) is 11.3 Å². The monoisotopic (exact) mass is 383 g/mol. The number of amides is 1. The van der Waals surface area contributed by atoms with E-state index in [0.717, 1.165) is 52.5 Å². The molecule has 0 unspecified atom stereocenters. The predicted molar refractivity (Wildman–Crippen MR) is 113 cm³/mol. The van der Waals surface area contributed by atoms with Gasteiger partial charge in [0, 0.05) is 18.0 Å². The highest BCUT2D eigenvalue weighted by Gasteiger charge is 2.21. The quantitative estimate of drug-likeness (QED) is 0.515. The molecule has 0 saturated carbocycles. The Hall–Kier alpha value is -2.14. The molecule has 3 rings (SSSR count). The number of carbonyl (C=O) groups excluding carboxylic acids is 1. The van der Waals surface area contributed by atoms with Crippen LogP contribution in [0.4, 0.5) is 0 Å². The number of imidazole rings is 1. The van der Waals surface area contributed by atoms with E-state index in [9.17, 15) is 4.79 Å². The molecule has 0 bridgehead atoms. The molecule has 0 aliphatic rings. The average Bonchev–Trinajstić information content (AvgIpc) is 3.22. The van der Waals surface area contributed by atoms with Crippen molar-refractivity contribution in [3.8, 4) is 0 Å². The van der Waals surface area contributed by atoms with Crippen LogP contribution >= 0.6 is 11.3 Å². The lowest BCUT2D eigenvalue weighted by atomic mass is 10.2. The largest absolute Gasteiger partial charge is 0.330 e.